The van der Waals surface area contributed by atoms with Crippen molar-refractivity contribution in [3.8, 4) is 0 Å². The van der Waals surface area contributed by atoms with Gasteiger partial charge >= 0.3 is 0 Å². The van der Waals surface area contributed by atoms with E-state index in [4.69, 9.17) is 0 Å². The summed E-state index contributed by atoms with van der Waals surface area (Å²) in [5.74, 6) is 0.139. The number of carbonyl (C=O) groups excluding carboxylic acids is 1. The Hall–Kier alpha value is -1.16. The Labute approximate surface area is 126 Å². The van der Waals surface area contributed by atoms with E-state index in [0.29, 0.717) is 11.3 Å². The fourth-order valence-electron chi connectivity index (χ4n) is 2.77. The second-order valence-corrected chi connectivity index (χ2v) is 6.82. The Balaban J connectivity index is 2.09. The summed E-state index contributed by atoms with van der Waals surface area (Å²) in [6, 6.07) is 8.25. The van der Waals surface area contributed by atoms with E-state index in [1.165, 1.54) is 6.42 Å². The van der Waals surface area contributed by atoms with Crippen LogP contribution in [-0.2, 0) is 0 Å². The maximum absolute atomic E-state index is 12.6. The summed E-state index contributed by atoms with van der Waals surface area (Å²) in [5, 5.41) is 0.711. The number of benzene rings is 1. The summed E-state index contributed by atoms with van der Waals surface area (Å²) in [6.07, 6.45) is 5.63. The summed E-state index contributed by atoms with van der Waals surface area (Å²) in [6.45, 7) is 0. The lowest BCUT2D eigenvalue weighted by atomic mass is 10.1. The molecule has 20 heavy (non-hydrogen) atoms. The van der Waals surface area contributed by atoms with E-state index in [1.54, 1.807) is 0 Å². The monoisotopic (exact) mass is 292 g/mol. The second kappa shape index (κ2) is 6.53. The fraction of sp³-hybridized carbons (Fsp3) is 0.562. The molecular weight excluding hydrogens is 268 g/mol. The molecule has 1 saturated carbocycles. The highest BCUT2D eigenvalue weighted by Crippen LogP contribution is 2.31. The molecule has 1 amide bonds. The minimum absolute atomic E-state index is 0.139. The Morgan fingerprint density at radius 1 is 1.25 bits per heavy atom. The molecule has 0 radical (unpaired) electrons. The van der Waals surface area contributed by atoms with E-state index in [2.05, 4.69) is 6.26 Å². The van der Waals surface area contributed by atoms with Gasteiger partial charge in [0.05, 0.1) is 0 Å². The Kier molecular flexibility index (Phi) is 4.97. The third kappa shape index (κ3) is 3.29. The summed E-state index contributed by atoms with van der Waals surface area (Å²) in [4.78, 5) is 16.6. The molecule has 1 aliphatic rings. The Bertz CT molecular complexity index is 475. The Morgan fingerprint density at radius 2 is 2.00 bits per heavy atom. The molecule has 110 valence electrons. The standard InChI is InChI=1S/C16H24N2OS/c1-17(2)13-7-5-6-12(10-13)16(19)18(3)14-8-9-15(11-14)20-4/h5-7,10,14-15H,8-9,11H2,1-4H3/t14-,15+/m1/s1. The van der Waals surface area contributed by atoms with Crippen LogP contribution in [0.5, 0.6) is 0 Å². The molecule has 0 heterocycles. The van der Waals surface area contributed by atoms with Crippen LogP contribution in [0.1, 0.15) is 29.6 Å². The van der Waals surface area contributed by atoms with Gasteiger partial charge in [0, 0.05) is 43.7 Å². The van der Waals surface area contributed by atoms with Gasteiger partial charge in [0.15, 0.2) is 0 Å². The number of anilines is 1. The Morgan fingerprint density at radius 3 is 2.60 bits per heavy atom. The first-order chi connectivity index (χ1) is 9.52. The lowest BCUT2D eigenvalue weighted by Crippen LogP contribution is -2.35. The molecule has 1 aliphatic carbocycles. The van der Waals surface area contributed by atoms with Crippen molar-refractivity contribution >= 4 is 23.4 Å². The van der Waals surface area contributed by atoms with Crippen molar-refractivity contribution in [1.29, 1.82) is 0 Å². The molecule has 0 N–H and O–H groups in total. The van der Waals surface area contributed by atoms with Gasteiger partial charge in [-0.25, -0.2) is 0 Å². The van der Waals surface area contributed by atoms with Crippen LogP contribution in [0.3, 0.4) is 0 Å². The zero-order valence-corrected chi connectivity index (χ0v) is 13.6. The lowest BCUT2D eigenvalue weighted by molar-refractivity contribution is 0.0735. The van der Waals surface area contributed by atoms with Crippen molar-refractivity contribution in [3.63, 3.8) is 0 Å². The van der Waals surface area contributed by atoms with Gasteiger partial charge in [-0.3, -0.25) is 4.79 Å². The number of rotatable bonds is 4. The average molecular weight is 292 g/mol. The first kappa shape index (κ1) is 15.2. The van der Waals surface area contributed by atoms with Gasteiger partial charge in [-0.15, -0.1) is 0 Å². The van der Waals surface area contributed by atoms with Crippen LogP contribution in [0, 0.1) is 0 Å². The third-order valence-corrected chi connectivity index (χ3v) is 5.26. The van der Waals surface area contributed by atoms with Gasteiger partial charge in [-0.2, -0.15) is 11.8 Å². The molecule has 0 unspecified atom stereocenters. The average Bonchev–Trinajstić information content (AvgIpc) is 2.94. The topological polar surface area (TPSA) is 23.6 Å². The van der Waals surface area contributed by atoms with Gasteiger partial charge in [0.1, 0.15) is 0 Å². The van der Waals surface area contributed by atoms with Gasteiger partial charge in [0.25, 0.3) is 5.91 Å². The summed E-state index contributed by atoms with van der Waals surface area (Å²) in [5.41, 5.74) is 1.85. The molecule has 1 fully saturated rings. The predicted molar refractivity (Wildman–Crippen MR) is 87.8 cm³/mol. The highest BCUT2D eigenvalue weighted by molar-refractivity contribution is 7.99. The summed E-state index contributed by atoms with van der Waals surface area (Å²) < 4.78 is 0. The molecule has 0 aliphatic heterocycles. The van der Waals surface area contributed by atoms with E-state index in [9.17, 15) is 4.79 Å². The molecule has 1 aromatic rings. The smallest absolute Gasteiger partial charge is 0.253 e. The molecule has 3 nitrogen and oxygen atoms in total. The zero-order chi connectivity index (χ0) is 14.7. The molecule has 0 spiro atoms. The van der Waals surface area contributed by atoms with Crippen LogP contribution in [0.2, 0.25) is 0 Å². The predicted octanol–water partition coefficient (Wildman–Crippen LogP) is 3.11. The van der Waals surface area contributed by atoms with Crippen molar-refractivity contribution in [1.82, 2.24) is 4.90 Å². The lowest BCUT2D eigenvalue weighted by Gasteiger charge is -2.25. The molecule has 2 atom stereocenters. The molecule has 0 bridgehead atoms. The summed E-state index contributed by atoms with van der Waals surface area (Å²) >= 11 is 1.92. The SMILES string of the molecule is CS[C@H]1CC[C@@H](N(C)C(=O)c2cccc(N(C)C)c2)C1. The number of nitrogens with zero attached hydrogens (tertiary/aromatic N) is 2. The zero-order valence-electron chi connectivity index (χ0n) is 12.8. The molecular formula is C16H24N2OS. The highest BCUT2D eigenvalue weighted by atomic mass is 32.2. The van der Waals surface area contributed by atoms with E-state index in [0.717, 1.165) is 24.1 Å². The van der Waals surface area contributed by atoms with E-state index >= 15 is 0 Å². The van der Waals surface area contributed by atoms with Crippen LogP contribution >= 0.6 is 11.8 Å². The van der Waals surface area contributed by atoms with Crippen LogP contribution in [0.15, 0.2) is 24.3 Å². The first-order valence-corrected chi connectivity index (χ1v) is 8.39. The number of amides is 1. The minimum Gasteiger partial charge on any atom is -0.378 e. The quantitative estimate of drug-likeness (QED) is 0.852. The van der Waals surface area contributed by atoms with Crippen LogP contribution in [0.25, 0.3) is 0 Å². The van der Waals surface area contributed by atoms with Gasteiger partial charge in [-0.05, 0) is 43.7 Å². The molecule has 1 aromatic carbocycles. The van der Waals surface area contributed by atoms with Crippen molar-refractivity contribution in [2.75, 3.05) is 32.3 Å². The first-order valence-electron chi connectivity index (χ1n) is 7.10. The van der Waals surface area contributed by atoms with E-state index in [-0.39, 0.29) is 5.91 Å². The minimum atomic E-state index is 0.139. The number of hydrogen-bond donors (Lipinski definition) is 0. The molecule has 2 rings (SSSR count). The number of carbonyl (C=O) groups is 1. The third-order valence-electron chi connectivity index (χ3n) is 4.17. The van der Waals surface area contributed by atoms with E-state index in [1.807, 2.05) is 67.0 Å². The molecule has 4 heteroatoms. The fourth-order valence-corrected chi connectivity index (χ4v) is 3.56. The van der Waals surface area contributed by atoms with Gasteiger partial charge in [-0.1, -0.05) is 6.07 Å². The van der Waals surface area contributed by atoms with E-state index < -0.39 is 0 Å². The highest BCUT2D eigenvalue weighted by Gasteiger charge is 2.29. The normalized spacial score (nSPS) is 21.8. The van der Waals surface area contributed by atoms with Crippen molar-refractivity contribution in [2.24, 2.45) is 0 Å². The maximum Gasteiger partial charge on any atom is 0.253 e. The van der Waals surface area contributed by atoms with Gasteiger partial charge < -0.3 is 9.80 Å². The summed E-state index contributed by atoms with van der Waals surface area (Å²) in [7, 11) is 5.93. The van der Waals surface area contributed by atoms with Crippen LogP contribution in [0.4, 0.5) is 5.69 Å². The van der Waals surface area contributed by atoms with Crippen molar-refractivity contribution in [3.05, 3.63) is 29.8 Å². The van der Waals surface area contributed by atoms with Crippen LogP contribution < -0.4 is 4.90 Å². The molecule has 0 saturated heterocycles. The molecule has 0 aromatic heterocycles. The second-order valence-electron chi connectivity index (χ2n) is 5.69. The van der Waals surface area contributed by atoms with Crippen molar-refractivity contribution < 1.29 is 4.79 Å². The maximum atomic E-state index is 12.6. The van der Waals surface area contributed by atoms with Crippen LogP contribution in [-0.4, -0.2) is 49.5 Å². The number of thioether (sulfide) groups is 1. The largest absolute Gasteiger partial charge is 0.378 e. The van der Waals surface area contributed by atoms with Gasteiger partial charge in [0.2, 0.25) is 0 Å². The van der Waals surface area contributed by atoms with Crippen molar-refractivity contribution in [2.45, 2.75) is 30.6 Å². The number of hydrogen-bond acceptors (Lipinski definition) is 3.